The van der Waals surface area contributed by atoms with Crippen LogP contribution in [0.3, 0.4) is 0 Å². The standard InChI is InChI=1S/C17H20ClNO3S/c1-13-6-7-14(2)17(10-13)22-9-8-19-23(20,21)12-15-4-3-5-16(18)11-15/h3-7,10-11,19H,8-9,12H2,1-2H3. The topological polar surface area (TPSA) is 55.4 Å². The first-order valence-corrected chi connectivity index (χ1v) is 9.30. The van der Waals surface area contributed by atoms with Crippen LogP contribution in [0.25, 0.3) is 0 Å². The van der Waals surface area contributed by atoms with Gasteiger partial charge in [0, 0.05) is 11.6 Å². The zero-order valence-corrected chi connectivity index (χ0v) is 14.7. The number of rotatable bonds is 7. The second-order valence-electron chi connectivity index (χ2n) is 5.40. The molecule has 23 heavy (non-hydrogen) atoms. The van der Waals surface area contributed by atoms with Crippen LogP contribution < -0.4 is 9.46 Å². The van der Waals surface area contributed by atoms with E-state index in [1.165, 1.54) is 0 Å². The molecule has 0 heterocycles. The first-order chi connectivity index (χ1) is 10.9. The highest BCUT2D eigenvalue weighted by atomic mass is 35.5. The van der Waals surface area contributed by atoms with Crippen molar-refractivity contribution in [3.63, 3.8) is 0 Å². The van der Waals surface area contributed by atoms with Gasteiger partial charge in [0.15, 0.2) is 0 Å². The number of aryl methyl sites for hydroxylation is 2. The van der Waals surface area contributed by atoms with E-state index in [1.54, 1.807) is 24.3 Å². The zero-order valence-electron chi connectivity index (χ0n) is 13.2. The average molecular weight is 354 g/mol. The van der Waals surface area contributed by atoms with Crippen molar-refractivity contribution in [3.8, 4) is 5.75 Å². The van der Waals surface area contributed by atoms with E-state index in [0.29, 0.717) is 10.6 Å². The van der Waals surface area contributed by atoms with E-state index in [-0.39, 0.29) is 18.9 Å². The second kappa shape index (κ2) is 7.81. The molecule has 124 valence electrons. The lowest BCUT2D eigenvalue weighted by molar-refractivity contribution is 0.320. The van der Waals surface area contributed by atoms with Crippen LogP contribution in [-0.2, 0) is 15.8 Å². The normalized spacial score (nSPS) is 11.4. The third kappa shape index (κ3) is 5.86. The monoisotopic (exact) mass is 353 g/mol. The van der Waals surface area contributed by atoms with Crippen molar-refractivity contribution >= 4 is 21.6 Å². The van der Waals surface area contributed by atoms with Gasteiger partial charge in [0.05, 0.1) is 5.75 Å². The molecule has 0 amide bonds. The lowest BCUT2D eigenvalue weighted by Gasteiger charge is -2.11. The van der Waals surface area contributed by atoms with Crippen LogP contribution in [-0.4, -0.2) is 21.6 Å². The highest BCUT2D eigenvalue weighted by Crippen LogP contribution is 2.18. The highest BCUT2D eigenvalue weighted by Gasteiger charge is 2.11. The fourth-order valence-corrected chi connectivity index (χ4v) is 3.45. The van der Waals surface area contributed by atoms with Gasteiger partial charge < -0.3 is 4.74 Å². The van der Waals surface area contributed by atoms with Crippen LogP contribution in [0.1, 0.15) is 16.7 Å². The van der Waals surface area contributed by atoms with Crippen LogP contribution in [0.15, 0.2) is 42.5 Å². The summed E-state index contributed by atoms with van der Waals surface area (Å²) in [6, 6.07) is 12.8. The summed E-state index contributed by atoms with van der Waals surface area (Å²) in [5.74, 6) is 0.677. The van der Waals surface area contributed by atoms with E-state index < -0.39 is 10.0 Å². The van der Waals surface area contributed by atoms with E-state index in [4.69, 9.17) is 16.3 Å². The molecule has 0 aliphatic carbocycles. The Morgan fingerprint density at radius 2 is 1.91 bits per heavy atom. The number of ether oxygens (including phenoxy) is 1. The number of sulfonamides is 1. The zero-order chi connectivity index (χ0) is 16.9. The molecule has 6 heteroatoms. The van der Waals surface area contributed by atoms with Crippen LogP contribution >= 0.6 is 11.6 Å². The lowest BCUT2D eigenvalue weighted by Crippen LogP contribution is -2.29. The van der Waals surface area contributed by atoms with Crippen molar-refractivity contribution in [2.75, 3.05) is 13.2 Å². The Morgan fingerprint density at radius 3 is 2.65 bits per heavy atom. The van der Waals surface area contributed by atoms with Gasteiger partial charge in [-0.05, 0) is 48.7 Å². The van der Waals surface area contributed by atoms with E-state index in [2.05, 4.69) is 4.72 Å². The average Bonchev–Trinajstić information content (AvgIpc) is 2.46. The Hall–Kier alpha value is -1.56. The summed E-state index contributed by atoms with van der Waals surface area (Å²) in [6.07, 6.45) is 0. The molecule has 4 nitrogen and oxygen atoms in total. The summed E-state index contributed by atoms with van der Waals surface area (Å²) in [4.78, 5) is 0. The molecule has 2 rings (SSSR count). The van der Waals surface area contributed by atoms with Crippen LogP contribution in [0.5, 0.6) is 5.75 Å². The minimum absolute atomic E-state index is 0.100. The van der Waals surface area contributed by atoms with Crippen LogP contribution in [0.4, 0.5) is 0 Å². The Balaban J connectivity index is 1.84. The van der Waals surface area contributed by atoms with E-state index in [0.717, 1.165) is 16.9 Å². The quantitative estimate of drug-likeness (QED) is 0.775. The molecule has 0 fully saturated rings. The molecule has 0 saturated heterocycles. The predicted octanol–water partition coefficient (Wildman–Crippen LogP) is 3.46. The van der Waals surface area contributed by atoms with E-state index in [9.17, 15) is 8.42 Å². The number of hydrogen-bond donors (Lipinski definition) is 1. The van der Waals surface area contributed by atoms with Crippen molar-refractivity contribution in [1.82, 2.24) is 4.72 Å². The highest BCUT2D eigenvalue weighted by molar-refractivity contribution is 7.88. The smallest absolute Gasteiger partial charge is 0.215 e. The predicted molar refractivity (Wildman–Crippen MR) is 93.5 cm³/mol. The van der Waals surface area contributed by atoms with Crippen molar-refractivity contribution in [2.45, 2.75) is 19.6 Å². The summed E-state index contributed by atoms with van der Waals surface area (Å²) >= 11 is 5.86. The van der Waals surface area contributed by atoms with Crippen molar-refractivity contribution < 1.29 is 13.2 Å². The van der Waals surface area contributed by atoms with Gasteiger partial charge in [-0.25, -0.2) is 13.1 Å². The van der Waals surface area contributed by atoms with Crippen molar-refractivity contribution in [3.05, 3.63) is 64.2 Å². The van der Waals surface area contributed by atoms with Crippen molar-refractivity contribution in [2.24, 2.45) is 0 Å². The molecule has 0 aromatic heterocycles. The Morgan fingerprint density at radius 1 is 1.13 bits per heavy atom. The lowest BCUT2D eigenvalue weighted by atomic mass is 10.1. The molecular weight excluding hydrogens is 334 g/mol. The molecule has 0 aliphatic heterocycles. The maximum absolute atomic E-state index is 12.0. The molecular formula is C17H20ClNO3S. The molecule has 0 unspecified atom stereocenters. The Kier molecular flexibility index (Phi) is 6.04. The SMILES string of the molecule is Cc1ccc(C)c(OCCNS(=O)(=O)Cc2cccc(Cl)c2)c1. The fraction of sp³-hybridized carbons (Fsp3) is 0.294. The molecule has 1 N–H and O–H groups in total. The molecule has 2 aromatic carbocycles. The van der Waals surface area contributed by atoms with Gasteiger partial charge in [-0.15, -0.1) is 0 Å². The minimum atomic E-state index is -3.41. The number of nitrogens with one attached hydrogen (secondary N) is 1. The maximum Gasteiger partial charge on any atom is 0.215 e. The molecule has 0 atom stereocenters. The number of benzene rings is 2. The van der Waals surface area contributed by atoms with Gasteiger partial charge in [0.25, 0.3) is 0 Å². The fourth-order valence-electron chi connectivity index (χ4n) is 2.12. The van der Waals surface area contributed by atoms with Gasteiger partial charge in [0.2, 0.25) is 10.0 Å². The van der Waals surface area contributed by atoms with Crippen molar-refractivity contribution in [1.29, 1.82) is 0 Å². The second-order valence-corrected chi connectivity index (χ2v) is 7.64. The summed E-state index contributed by atoms with van der Waals surface area (Å²) in [5, 5.41) is 0.524. The third-order valence-electron chi connectivity index (χ3n) is 3.27. The number of hydrogen-bond acceptors (Lipinski definition) is 3. The molecule has 0 spiro atoms. The first-order valence-electron chi connectivity index (χ1n) is 7.27. The Bertz CT molecular complexity index is 775. The van der Waals surface area contributed by atoms with Gasteiger partial charge in [-0.2, -0.15) is 0 Å². The minimum Gasteiger partial charge on any atom is -0.492 e. The summed E-state index contributed by atoms with van der Waals surface area (Å²) in [7, 11) is -3.41. The van der Waals surface area contributed by atoms with Gasteiger partial charge >= 0.3 is 0 Å². The van der Waals surface area contributed by atoms with Gasteiger partial charge in [0.1, 0.15) is 12.4 Å². The number of halogens is 1. The van der Waals surface area contributed by atoms with E-state index in [1.807, 2.05) is 32.0 Å². The summed E-state index contributed by atoms with van der Waals surface area (Å²) in [6.45, 7) is 4.44. The first kappa shape index (κ1) is 17.8. The van der Waals surface area contributed by atoms with Gasteiger partial charge in [-0.3, -0.25) is 0 Å². The molecule has 0 bridgehead atoms. The van der Waals surface area contributed by atoms with Crippen LogP contribution in [0.2, 0.25) is 5.02 Å². The van der Waals surface area contributed by atoms with Gasteiger partial charge in [-0.1, -0.05) is 35.9 Å². The molecule has 0 radical (unpaired) electrons. The molecule has 2 aromatic rings. The maximum atomic E-state index is 12.0. The molecule has 0 saturated carbocycles. The third-order valence-corrected chi connectivity index (χ3v) is 4.86. The summed E-state index contributed by atoms with van der Waals surface area (Å²) in [5.41, 5.74) is 2.78. The largest absolute Gasteiger partial charge is 0.492 e. The summed E-state index contributed by atoms with van der Waals surface area (Å²) < 4.78 is 32.2. The van der Waals surface area contributed by atoms with E-state index >= 15 is 0 Å². The Labute approximate surface area is 142 Å². The van der Waals surface area contributed by atoms with Crippen LogP contribution in [0, 0.1) is 13.8 Å². The molecule has 0 aliphatic rings.